The van der Waals surface area contributed by atoms with E-state index in [-0.39, 0.29) is 11.9 Å². The first-order valence-corrected chi connectivity index (χ1v) is 6.08. The first-order chi connectivity index (χ1) is 9.06. The maximum atomic E-state index is 11.1. The Balaban J connectivity index is 1.89. The molecule has 1 atom stereocenters. The van der Waals surface area contributed by atoms with Crippen LogP contribution in [-0.4, -0.2) is 30.7 Å². The van der Waals surface area contributed by atoms with Crippen molar-refractivity contribution in [2.24, 2.45) is 10.7 Å². The van der Waals surface area contributed by atoms with Gasteiger partial charge in [-0.25, -0.2) is 4.99 Å². The van der Waals surface area contributed by atoms with Crippen LogP contribution in [0.15, 0.2) is 23.2 Å². The molecule has 2 heterocycles. The molecule has 0 aliphatic carbocycles. The van der Waals surface area contributed by atoms with E-state index in [1.165, 1.54) is 6.92 Å². The Hall–Kier alpha value is -2.24. The molecule has 1 aromatic rings. The fourth-order valence-corrected chi connectivity index (χ4v) is 2.43. The fourth-order valence-electron chi connectivity index (χ4n) is 2.43. The summed E-state index contributed by atoms with van der Waals surface area (Å²) in [4.78, 5) is 15.4. The molecule has 1 unspecified atom stereocenters. The summed E-state index contributed by atoms with van der Waals surface area (Å²) in [5.74, 6) is 0.721. The van der Waals surface area contributed by atoms with Gasteiger partial charge in [-0.1, -0.05) is 0 Å². The Morgan fingerprint density at radius 1 is 1.42 bits per heavy atom. The molecule has 0 saturated heterocycles. The average molecular weight is 261 g/mol. The maximum Gasteiger partial charge on any atom is 0.282 e. The van der Waals surface area contributed by atoms with Gasteiger partial charge in [0.05, 0.1) is 0 Å². The van der Waals surface area contributed by atoms with Crippen molar-refractivity contribution < 1.29 is 14.3 Å². The zero-order valence-electron chi connectivity index (χ0n) is 10.6. The quantitative estimate of drug-likeness (QED) is 0.777. The summed E-state index contributed by atoms with van der Waals surface area (Å²) in [5, 5.41) is 2.76. The van der Waals surface area contributed by atoms with Crippen LogP contribution in [-0.2, 0) is 16.0 Å². The van der Waals surface area contributed by atoms with Crippen molar-refractivity contribution in [1.82, 2.24) is 0 Å². The predicted octanol–water partition coefficient (Wildman–Crippen LogP) is 0.664. The summed E-state index contributed by atoms with van der Waals surface area (Å²) in [6.07, 6.45) is 0.691. The number of hydrogen-bond donors (Lipinski definition) is 2. The minimum absolute atomic E-state index is 0.0992. The number of hydrogen-bond acceptors (Lipinski definition) is 5. The smallest absolute Gasteiger partial charge is 0.282 e. The van der Waals surface area contributed by atoms with Crippen molar-refractivity contribution in [1.29, 1.82) is 0 Å². The van der Waals surface area contributed by atoms with Gasteiger partial charge in [0, 0.05) is 19.0 Å². The van der Waals surface area contributed by atoms with Crippen LogP contribution >= 0.6 is 0 Å². The molecule has 100 valence electrons. The second kappa shape index (κ2) is 4.15. The number of rotatable bonds is 1. The largest absolute Gasteiger partial charge is 0.491 e. The minimum atomic E-state index is -0.425. The lowest BCUT2D eigenvalue weighted by molar-refractivity contribution is -0.114. The number of benzene rings is 1. The molecular weight excluding hydrogens is 246 g/mol. The van der Waals surface area contributed by atoms with Gasteiger partial charge in [-0.3, -0.25) is 4.79 Å². The molecule has 19 heavy (non-hydrogen) atoms. The summed E-state index contributed by atoms with van der Waals surface area (Å²) in [7, 11) is 0. The van der Waals surface area contributed by atoms with E-state index in [1.54, 1.807) is 0 Å². The van der Waals surface area contributed by atoms with E-state index >= 15 is 0 Å². The summed E-state index contributed by atoms with van der Waals surface area (Å²) in [6.45, 7) is 2.37. The van der Waals surface area contributed by atoms with Gasteiger partial charge in [-0.05, 0) is 23.8 Å². The van der Waals surface area contributed by atoms with Gasteiger partial charge in [-0.2, -0.15) is 0 Å². The number of amides is 1. The first-order valence-electron chi connectivity index (χ1n) is 6.08. The van der Waals surface area contributed by atoms with Gasteiger partial charge in [0.2, 0.25) is 5.91 Å². The molecule has 2 aliphatic heterocycles. The molecule has 0 fully saturated rings. The van der Waals surface area contributed by atoms with E-state index in [4.69, 9.17) is 15.2 Å². The highest BCUT2D eigenvalue weighted by Crippen LogP contribution is 2.35. The molecule has 6 heteroatoms. The average Bonchev–Trinajstić information content (AvgIpc) is 2.69. The van der Waals surface area contributed by atoms with E-state index in [1.807, 2.05) is 18.2 Å². The van der Waals surface area contributed by atoms with E-state index < -0.39 is 5.54 Å². The number of amidine groups is 1. The molecule has 1 aromatic carbocycles. The second-order valence-corrected chi connectivity index (χ2v) is 4.93. The molecule has 0 aromatic heterocycles. The van der Waals surface area contributed by atoms with Crippen LogP contribution in [0.4, 0.5) is 5.69 Å². The summed E-state index contributed by atoms with van der Waals surface area (Å²) in [6, 6.07) is 5.80. The predicted molar refractivity (Wildman–Crippen MR) is 70.3 cm³/mol. The van der Waals surface area contributed by atoms with Gasteiger partial charge in [0.1, 0.15) is 24.5 Å². The van der Waals surface area contributed by atoms with Crippen molar-refractivity contribution in [2.75, 3.05) is 18.5 Å². The first kappa shape index (κ1) is 11.8. The van der Waals surface area contributed by atoms with Crippen LogP contribution < -0.4 is 15.8 Å². The van der Waals surface area contributed by atoms with E-state index in [9.17, 15) is 4.79 Å². The third-order valence-corrected chi connectivity index (χ3v) is 3.23. The maximum absolute atomic E-state index is 11.1. The van der Waals surface area contributed by atoms with Crippen molar-refractivity contribution in [3.63, 3.8) is 0 Å². The van der Waals surface area contributed by atoms with Crippen molar-refractivity contribution in [3.8, 4) is 5.75 Å². The van der Waals surface area contributed by atoms with Crippen molar-refractivity contribution in [3.05, 3.63) is 23.8 Å². The molecule has 1 amide bonds. The second-order valence-electron chi connectivity index (χ2n) is 4.93. The van der Waals surface area contributed by atoms with E-state index in [2.05, 4.69) is 10.3 Å². The highest BCUT2D eigenvalue weighted by atomic mass is 16.5. The molecule has 0 saturated carbocycles. The molecule has 2 aliphatic rings. The van der Waals surface area contributed by atoms with Crippen LogP contribution in [0.5, 0.6) is 5.75 Å². The Kier molecular flexibility index (Phi) is 2.58. The third kappa shape index (κ3) is 2.21. The SMILES string of the molecule is CC(=O)Nc1ccc2c(c1)CC1(COC(N)=N1)CO2. The summed E-state index contributed by atoms with van der Waals surface area (Å²) < 4.78 is 10.9. The lowest BCUT2D eigenvalue weighted by atomic mass is 9.90. The number of aliphatic imine (C=N–C) groups is 1. The zero-order valence-corrected chi connectivity index (χ0v) is 10.6. The van der Waals surface area contributed by atoms with Crippen LogP contribution in [0, 0.1) is 0 Å². The number of nitrogens with one attached hydrogen (secondary N) is 1. The molecule has 0 bridgehead atoms. The molecular formula is C13H15N3O3. The lowest BCUT2D eigenvalue weighted by Gasteiger charge is -2.30. The normalized spacial score (nSPS) is 24.2. The van der Waals surface area contributed by atoms with Crippen molar-refractivity contribution in [2.45, 2.75) is 18.9 Å². The standard InChI is InChI=1S/C13H15N3O3/c1-8(17)15-10-2-3-11-9(4-10)5-13(6-18-11)7-19-12(14)16-13/h2-4H,5-7H2,1H3,(H2,14,16)(H,15,17). The topological polar surface area (TPSA) is 85.9 Å². The zero-order chi connectivity index (χ0) is 13.5. The van der Waals surface area contributed by atoms with Gasteiger partial charge < -0.3 is 20.5 Å². The van der Waals surface area contributed by atoms with E-state index in [0.29, 0.717) is 19.6 Å². The fraction of sp³-hybridized carbons (Fsp3) is 0.385. The molecule has 0 radical (unpaired) electrons. The highest BCUT2D eigenvalue weighted by Gasteiger charge is 2.40. The monoisotopic (exact) mass is 261 g/mol. The number of nitrogens with two attached hydrogens (primary N) is 1. The number of anilines is 1. The Bertz CT molecular complexity index is 570. The van der Waals surface area contributed by atoms with Crippen LogP contribution in [0.2, 0.25) is 0 Å². The van der Waals surface area contributed by atoms with Gasteiger partial charge in [-0.15, -0.1) is 0 Å². The van der Waals surface area contributed by atoms with Gasteiger partial charge >= 0.3 is 0 Å². The Labute approximate surface area is 110 Å². The van der Waals surface area contributed by atoms with Gasteiger partial charge in [0.25, 0.3) is 6.02 Å². The number of fused-ring (bicyclic) bond motifs is 1. The Morgan fingerprint density at radius 2 is 2.21 bits per heavy atom. The molecule has 1 spiro atoms. The highest BCUT2D eigenvalue weighted by molar-refractivity contribution is 5.88. The number of ether oxygens (including phenoxy) is 2. The molecule has 6 nitrogen and oxygen atoms in total. The number of carbonyl (C=O) groups is 1. The summed E-state index contributed by atoms with van der Waals surface area (Å²) >= 11 is 0. The lowest BCUT2D eigenvalue weighted by Crippen LogP contribution is -2.41. The van der Waals surface area contributed by atoms with Crippen LogP contribution in [0.25, 0.3) is 0 Å². The Morgan fingerprint density at radius 3 is 2.89 bits per heavy atom. The van der Waals surface area contributed by atoms with Crippen LogP contribution in [0.1, 0.15) is 12.5 Å². The van der Waals surface area contributed by atoms with Gasteiger partial charge in [0.15, 0.2) is 0 Å². The molecule has 3 N–H and O–H groups in total. The third-order valence-electron chi connectivity index (χ3n) is 3.23. The molecule has 3 rings (SSSR count). The number of nitrogens with zero attached hydrogens (tertiary/aromatic N) is 1. The van der Waals surface area contributed by atoms with Crippen molar-refractivity contribution >= 4 is 17.6 Å². The minimum Gasteiger partial charge on any atom is -0.491 e. The van der Waals surface area contributed by atoms with E-state index in [0.717, 1.165) is 17.0 Å². The van der Waals surface area contributed by atoms with Crippen LogP contribution in [0.3, 0.4) is 0 Å². The number of carbonyl (C=O) groups excluding carboxylic acids is 1. The summed E-state index contributed by atoms with van der Waals surface area (Å²) in [5.41, 5.74) is 6.90.